The summed E-state index contributed by atoms with van der Waals surface area (Å²) in [7, 11) is 0. The molecular formula is C19H20N4O. The van der Waals surface area contributed by atoms with Gasteiger partial charge in [0.1, 0.15) is 0 Å². The molecule has 5 nitrogen and oxygen atoms in total. The number of likely N-dealkylation sites (tertiary alicyclic amines) is 1. The third-order valence-electron chi connectivity index (χ3n) is 4.85. The monoisotopic (exact) mass is 320 g/mol. The maximum Gasteiger partial charge on any atom is 0.274 e. The van der Waals surface area contributed by atoms with E-state index in [0.717, 1.165) is 43.3 Å². The number of H-pyrrole nitrogens is 1. The van der Waals surface area contributed by atoms with Crippen LogP contribution >= 0.6 is 0 Å². The summed E-state index contributed by atoms with van der Waals surface area (Å²) in [6, 6.07) is 11.9. The van der Waals surface area contributed by atoms with Crippen LogP contribution in [0.3, 0.4) is 0 Å². The van der Waals surface area contributed by atoms with E-state index in [9.17, 15) is 4.79 Å². The van der Waals surface area contributed by atoms with Gasteiger partial charge in [0, 0.05) is 30.9 Å². The van der Waals surface area contributed by atoms with Gasteiger partial charge in [0.2, 0.25) is 0 Å². The molecule has 122 valence electrons. The minimum absolute atomic E-state index is 0.0369. The van der Waals surface area contributed by atoms with Gasteiger partial charge in [-0.05, 0) is 48.9 Å². The maximum absolute atomic E-state index is 12.8. The number of pyridine rings is 1. The SMILES string of the molecule is O=C(c1n[nH]c2ccccc12)N1CCC(Cc2ccncc2)CC1. The van der Waals surface area contributed by atoms with E-state index < -0.39 is 0 Å². The molecule has 1 N–H and O–H groups in total. The van der Waals surface area contributed by atoms with Crippen LogP contribution in [0.2, 0.25) is 0 Å². The first-order valence-electron chi connectivity index (χ1n) is 8.42. The van der Waals surface area contributed by atoms with Crippen molar-refractivity contribution in [3.63, 3.8) is 0 Å². The van der Waals surface area contributed by atoms with Crippen molar-refractivity contribution in [2.45, 2.75) is 19.3 Å². The summed E-state index contributed by atoms with van der Waals surface area (Å²) in [4.78, 5) is 18.8. The van der Waals surface area contributed by atoms with Crippen LogP contribution in [-0.2, 0) is 6.42 Å². The lowest BCUT2D eigenvalue weighted by Gasteiger charge is -2.31. The number of rotatable bonds is 3. The molecule has 1 aliphatic rings. The minimum atomic E-state index is 0.0369. The first kappa shape index (κ1) is 14.9. The van der Waals surface area contributed by atoms with Crippen LogP contribution in [0, 0.1) is 5.92 Å². The van der Waals surface area contributed by atoms with Crippen LogP contribution in [0.4, 0.5) is 0 Å². The van der Waals surface area contributed by atoms with Crippen LogP contribution in [0.15, 0.2) is 48.8 Å². The number of carbonyl (C=O) groups excluding carboxylic acids is 1. The number of para-hydroxylation sites is 1. The van der Waals surface area contributed by atoms with E-state index in [4.69, 9.17) is 0 Å². The molecule has 1 aromatic carbocycles. The van der Waals surface area contributed by atoms with Crippen molar-refractivity contribution < 1.29 is 4.79 Å². The molecule has 1 aliphatic heterocycles. The smallest absolute Gasteiger partial charge is 0.274 e. The van der Waals surface area contributed by atoms with Gasteiger partial charge < -0.3 is 4.90 Å². The Hall–Kier alpha value is -2.69. The topological polar surface area (TPSA) is 61.9 Å². The molecule has 0 spiro atoms. The summed E-state index contributed by atoms with van der Waals surface area (Å²) in [6.45, 7) is 1.60. The second-order valence-electron chi connectivity index (χ2n) is 6.41. The summed E-state index contributed by atoms with van der Waals surface area (Å²) in [5, 5.41) is 8.08. The Kier molecular flexibility index (Phi) is 3.99. The number of aromatic amines is 1. The highest BCUT2D eigenvalue weighted by atomic mass is 16.2. The fourth-order valence-corrected chi connectivity index (χ4v) is 3.47. The Bertz CT molecular complexity index is 835. The highest BCUT2D eigenvalue weighted by molar-refractivity contribution is 6.04. The van der Waals surface area contributed by atoms with Crippen molar-refractivity contribution in [3.05, 3.63) is 60.0 Å². The average molecular weight is 320 g/mol. The van der Waals surface area contributed by atoms with Gasteiger partial charge in [-0.15, -0.1) is 0 Å². The van der Waals surface area contributed by atoms with E-state index in [0.29, 0.717) is 11.6 Å². The number of fused-ring (bicyclic) bond motifs is 1. The highest BCUT2D eigenvalue weighted by Gasteiger charge is 2.26. The molecule has 5 heteroatoms. The molecule has 0 radical (unpaired) electrons. The quantitative estimate of drug-likeness (QED) is 0.807. The molecular weight excluding hydrogens is 300 g/mol. The van der Waals surface area contributed by atoms with Gasteiger partial charge >= 0.3 is 0 Å². The zero-order valence-electron chi connectivity index (χ0n) is 13.5. The number of benzene rings is 1. The van der Waals surface area contributed by atoms with Crippen LogP contribution in [0.5, 0.6) is 0 Å². The number of carbonyl (C=O) groups is 1. The second-order valence-corrected chi connectivity index (χ2v) is 6.41. The van der Waals surface area contributed by atoms with Gasteiger partial charge in [-0.2, -0.15) is 5.10 Å². The number of hydrogen-bond donors (Lipinski definition) is 1. The predicted octanol–water partition coefficient (Wildman–Crippen LogP) is 3.05. The van der Waals surface area contributed by atoms with E-state index in [1.54, 1.807) is 0 Å². The van der Waals surface area contributed by atoms with Crippen molar-refractivity contribution in [2.24, 2.45) is 5.92 Å². The summed E-state index contributed by atoms with van der Waals surface area (Å²) < 4.78 is 0. The zero-order valence-corrected chi connectivity index (χ0v) is 13.5. The fourth-order valence-electron chi connectivity index (χ4n) is 3.47. The molecule has 0 saturated carbocycles. The number of amides is 1. The lowest BCUT2D eigenvalue weighted by atomic mass is 9.90. The molecule has 1 fully saturated rings. The van der Waals surface area contributed by atoms with Crippen molar-refractivity contribution in [2.75, 3.05) is 13.1 Å². The number of aromatic nitrogens is 3. The number of hydrogen-bond acceptors (Lipinski definition) is 3. The lowest BCUT2D eigenvalue weighted by molar-refractivity contribution is 0.0686. The van der Waals surface area contributed by atoms with E-state index in [1.807, 2.05) is 41.6 Å². The number of nitrogens with one attached hydrogen (secondary N) is 1. The van der Waals surface area contributed by atoms with Gasteiger partial charge in [-0.1, -0.05) is 18.2 Å². The minimum Gasteiger partial charge on any atom is -0.337 e. The maximum atomic E-state index is 12.8. The zero-order chi connectivity index (χ0) is 16.4. The molecule has 0 bridgehead atoms. The Labute approximate surface area is 140 Å². The van der Waals surface area contributed by atoms with E-state index in [2.05, 4.69) is 27.3 Å². The molecule has 4 rings (SSSR count). The highest BCUT2D eigenvalue weighted by Crippen LogP contribution is 2.24. The molecule has 0 aliphatic carbocycles. The molecule has 1 amide bonds. The second kappa shape index (κ2) is 6.43. The largest absolute Gasteiger partial charge is 0.337 e. The average Bonchev–Trinajstić information content (AvgIpc) is 3.07. The van der Waals surface area contributed by atoms with Crippen LogP contribution in [0.1, 0.15) is 28.9 Å². The van der Waals surface area contributed by atoms with E-state index in [-0.39, 0.29) is 5.91 Å². The summed E-state index contributed by atoms with van der Waals surface area (Å²) in [6.07, 6.45) is 6.83. The van der Waals surface area contributed by atoms with E-state index >= 15 is 0 Å². The lowest BCUT2D eigenvalue weighted by Crippen LogP contribution is -2.39. The third kappa shape index (κ3) is 2.89. The first-order chi connectivity index (χ1) is 11.8. The molecule has 1 saturated heterocycles. The summed E-state index contributed by atoms with van der Waals surface area (Å²) in [5.74, 6) is 0.669. The van der Waals surface area contributed by atoms with Crippen molar-refractivity contribution >= 4 is 16.8 Å². The Morgan fingerprint density at radius 3 is 2.67 bits per heavy atom. The number of nitrogens with zero attached hydrogens (tertiary/aromatic N) is 3. The molecule has 24 heavy (non-hydrogen) atoms. The molecule has 0 atom stereocenters. The Balaban J connectivity index is 1.41. The van der Waals surface area contributed by atoms with Gasteiger partial charge in [0.25, 0.3) is 5.91 Å². The predicted molar refractivity (Wildman–Crippen MR) is 92.7 cm³/mol. The summed E-state index contributed by atoms with van der Waals surface area (Å²) in [5.41, 5.74) is 2.78. The molecule has 2 aromatic heterocycles. The van der Waals surface area contributed by atoms with Crippen molar-refractivity contribution in [1.82, 2.24) is 20.1 Å². The fraction of sp³-hybridized carbons (Fsp3) is 0.316. The van der Waals surface area contributed by atoms with Crippen LogP contribution < -0.4 is 0 Å². The third-order valence-corrected chi connectivity index (χ3v) is 4.85. The Morgan fingerprint density at radius 1 is 1.12 bits per heavy atom. The van der Waals surface area contributed by atoms with Crippen LogP contribution in [0.25, 0.3) is 10.9 Å². The van der Waals surface area contributed by atoms with Gasteiger partial charge in [0.15, 0.2) is 5.69 Å². The standard InChI is InChI=1S/C19H20N4O/c24-19(18-16-3-1-2-4-17(16)21-22-18)23-11-7-15(8-12-23)13-14-5-9-20-10-6-14/h1-6,9-10,15H,7-8,11-13H2,(H,21,22). The van der Waals surface area contributed by atoms with Gasteiger partial charge in [-0.25, -0.2) is 0 Å². The van der Waals surface area contributed by atoms with Crippen molar-refractivity contribution in [1.29, 1.82) is 0 Å². The van der Waals surface area contributed by atoms with Gasteiger partial charge in [0.05, 0.1) is 5.52 Å². The normalized spacial score (nSPS) is 15.8. The van der Waals surface area contributed by atoms with Crippen molar-refractivity contribution in [3.8, 4) is 0 Å². The molecule has 0 unspecified atom stereocenters. The van der Waals surface area contributed by atoms with Gasteiger partial charge in [-0.3, -0.25) is 14.9 Å². The molecule has 3 heterocycles. The number of piperidine rings is 1. The first-order valence-corrected chi connectivity index (χ1v) is 8.42. The van der Waals surface area contributed by atoms with E-state index in [1.165, 1.54) is 5.56 Å². The molecule has 3 aromatic rings. The Morgan fingerprint density at radius 2 is 1.88 bits per heavy atom. The summed E-state index contributed by atoms with van der Waals surface area (Å²) >= 11 is 0. The van der Waals surface area contributed by atoms with Crippen LogP contribution in [-0.4, -0.2) is 39.1 Å².